The van der Waals surface area contributed by atoms with Crippen LogP contribution in [-0.2, 0) is 9.59 Å². The van der Waals surface area contributed by atoms with Crippen molar-refractivity contribution in [2.24, 2.45) is 0 Å². The molecule has 29 heavy (non-hydrogen) atoms. The lowest BCUT2D eigenvalue weighted by molar-refractivity contribution is -0.121. The molecule has 0 spiro atoms. The number of benzene rings is 1. The molecule has 2 N–H and O–H groups in total. The van der Waals surface area contributed by atoms with Gasteiger partial charge >= 0.3 is 0 Å². The van der Waals surface area contributed by atoms with Gasteiger partial charge in [-0.1, -0.05) is 59.5 Å². The van der Waals surface area contributed by atoms with Gasteiger partial charge in [0.25, 0.3) is 5.91 Å². The molecule has 2 aromatic heterocycles. The molecule has 9 heteroatoms. The van der Waals surface area contributed by atoms with Crippen LogP contribution in [0.4, 0.5) is 5.13 Å². The third-order valence-corrected chi connectivity index (χ3v) is 6.09. The fourth-order valence-electron chi connectivity index (χ4n) is 2.76. The van der Waals surface area contributed by atoms with E-state index < -0.39 is 0 Å². The highest BCUT2D eigenvalue weighted by Gasteiger charge is 2.13. The lowest BCUT2D eigenvalue weighted by Gasteiger charge is -2.07. The summed E-state index contributed by atoms with van der Waals surface area (Å²) in [5.74, 6) is -0.602. The topological polar surface area (TPSA) is 96.9 Å². The zero-order chi connectivity index (χ0) is 20.1. The number of para-hydroxylation sites is 1. The van der Waals surface area contributed by atoms with Gasteiger partial charge in [-0.2, -0.15) is 0 Å². The van der Waals surface area contributed by atoms with Crippen molar-refractivity contribution in [1.82, 2.24) is 20.5 Å². The molecule has 0 saturated heterocycles. The fraction of sp³-hybridized carbons (Fsp3) is 0.150. The maximum absolute atomic E-state index is 12.1. The van der Waals surface area contributed by atoms with Gasteiger partial charge in [-0.05, 0) is 25.0 Å². The monoisotopic (exact) mass is 423 g/mol. The van der Waals surface area contributed by atoms with E-state index in [0.29, 0.717) is 15.0 Å². The van der Waals surface area contributed by atoms with Crippen molar-refractivity contribution in [3.05, 3.63) is 60.3 Å². The number of anilines is 1. The van der Waals surface area contributed by atoms with E-state index in [1.807, 2.05) is 42.5 Å². The Morgan fingerprint density at radius 3 is 2.90 bits per heavy atom. The van der Waals surface area contributed by atoms with Crippen molar-refractivity contribution >= 4 is 50.9 Å². The first-order chi connectivity index (χ1) is 14.2. The Hall–Kier alpha value is -3.04. The van der Waals surface area contributed by atoms with E-state index in [4.69, 9.17) is 0 Å². The minimum absolute atomic E-state index is 0.124. The highest BCUT2D eigenvalue weighted by Crippen LogP contribution is 2.35. The van der Waals surface area contributed by atoms with E-state index in [2.05, 4.69) is 25.8 Å². The molecule has 0 fully saturated rings. The van der Waals surface area contributed by atoms with Crippen LogP contribution >= 0.6 is 23.1 Å². The van der Waals surface area contributed by atoms with Crippen LogP contribution in [0.15, 0.2) is 69.6 Å². The number of pyridine rings is 1. The summed E-state index contributed by atoms with van der Waals surface area (Å²) in [4.78, 5) is 29.5. The first-order valence-corrected chi connectivity index (χ1v) is 10.6. The fourth-order valence-corrected chi connectivity index (χ4v) is 4.61. The minimum Gasteiger partial charge on any atom is -0.343 e. The minimum atomic E-state index is -0.346. The molecule has 4 rings (SSSR count). The van der Waals surface area contributed by atoms with Crippen LogP contribution in [-0.4, -0.2) is 33.5 Å². The maximum atomic E-state index is 12.1. The molecule has 0 unspecified atom stereocenters. The van der Waals surface area contributed by atoms with E-state index in [1.165, 1.54) is 23.1 Å². The molecule has 2 heterocycles. The average molecular weight is 424 g/mol. The quantitative estimate of drug-likeness (QED) is 0.589. The highest BCUT2D eigenvalue weighted by atomic mass is 32.2. The Balaban J connectivity index is 1.34. The Labute approximate surface area is 175 Å². The second-order valence-electron chi connectivity index (χ2n) is 6.17. The van der Waals surface area contributed by atoms with Gasteiger partial charge in [0.15, 0.2) is 4.34 Å². The predicted molar refractivity (Wildman–Crippen MR) is 114 cm³/mol. The summed E-state index contributed by atoms with van der Waals surface area (Å²) in [5.41, 5.74) is 1.50. The number of fused-ring (bicyclic) bond motifs is 1. The standard InChI is InChI=1S/C20H17N5O2S2/c26-17(12-22-18(27)13-6-2-1-3-7-13)23-19-24-25-20(29-19)28-16-10-11-21-15-9-5-4-8-14(15)16/h2,4-11H,1,3,12H2,(H,22,27)(H,23,24,26). The van der Waals surface area contributed by atoms with Crippen LogP contribution in [0, 0.1) is 0 Å². The number of hydrogen-bond acceptors (Lipinski definition) is 7. The van der Waals surface area contributed by atoms with Crippen molar-refractivity contribution in [2.45, 2.75) is 22.1 Å². The number of hydrogen-bond donors (Lipinski definition) is 2. The highest BCUT2D eigenvalue weighted by molar-refractivity contribution is 8.01. The summed E-state index contributed by atoms with van der Waals surface area (Å²) in [7, 11) is 0. The summed E-state index contributed by atoms with van der Waals surface area (Å²) in [6.07, 6.45) is 9.11. The van der Waals surface area contributed by atoms with Gasteiger partial charge in [0.05, 0.1) is 12.1 Å². The second kappa shape index (κ2) is 8.97. The third kappa shape index (κ3) is 4.87. The molecule has 0 aliphatic heterocycles. The van der Waals surface area contributed by atoms with Crippen LogP contribution in [0.5, 0.6) is 0 Å². The van der Waals surface area contributed by atoms with Crippen LogP contribution in [0.2, 0.25) is 0 Å². The first-order valence-electron chi connectivity index (χ1n) is 8.99. The van der Waals surface area contributed by atoms with Gasteiger partial charge in [-0.25, -0.2) is 0 Å². The van der Waals surface area contributed by atoms with Crippen LogP contribution in [0.3, 0.4) is 0 Å². The zero-order valence-electron chi connectivity index (χ0n) is 15.3. The van der Waals surface area contributed by atoms with E-state index in [-0.39, 0.29) is 18.4 Å². The number of rotatable bonds is 6. The Morgan fingerprint density at radius 2 is 2.03 bits per heavy atom. The third-order valence-electron chi connectivity index (χ3n) is 4.13. The number of allylic oxidation sites excluding steroid dienone is 2. The number of carbonyl (C=O) groups is 2. The van der Waals surface area contributed by atoms with Crippen molar-refractivity contribution < 1.29 is 9.59 Å². The second-order valence-corrected chi connectivity index (χ2v) is 8.44. The van der Waals surface area contributed by atoms with Gasteiger partial charge in [-0.15, -0.1) is 10.2 Å². The van der Waals surface area contributed by atoms with Crippen molar-refractivity contribution in [3.63, 3.8) is 0 Å². The molecule has 3 aromatic rings. The Kier molecular flexibility index (Phi) is 5.97. The predicted octanol–water partition coefficient (Wildman–Crippen LogP) is 3.57. The number of carbonyl (C=O) groups excluding carboxylic acids is 2. The van der Waals surface area contributed by atoms with Crippen LogP contribution in [0.25, 0.3) is 10.9 Å². The molecule has 2 amide bonds. The lowest BCUT2D eigenvalue weighted by atomic mass is 10.1. The van der Waals surface area contributed by atoms with Gasteiger partial charge in [0.1, 0.15) is 0 Å². The molecule has 0 atom stereocenters. The summed E-state index contributed by atoms with van der Waals surface area (Å²) in [5, 5.41) is 14.9. The van der Waals surface area contributed by atoms with Gasteiger partial charge in [0, 0.05) is 22.1 Å². The van der Waals surface area contributed by atoms with E-state index in [0.717, 1.165) is 28.6 Å². The molecule has 0 radical (unpaired) electrons. The summed E-state index contributed by atoms with van der Waals surface area (Å²) < 4.78 is 0.707. The largest absolute Gasteiger partial charge is 0.343 e. The average Bonchev–Trinajstić information content (AvgIpc) is 3.19. The normalized spacial score (nSPS) is 13.2. The van der Waals surface area contributed by atoms with E-state index >= 15 is 0 Å². The lowest BCUT2D eigenvalue weighted by Crippen LogP contribution is -2.33. The summed E-state index contributed by atoms with van der Waals surface area (Å²) in [6, 6.07) is 9.80. The maximum Gasteiger partial charge on any atom is 0.251 e. The van der Waals surface area contributed by atoms with Gasteiger partial charge in [0.2, 0.25) is 11.0 Å². The number of aromatic nitrogens is 3. The molecular formula is C20H17N5O2S2. The molecular weight excluding hydrogens is 406 g/mol. The van der Waals surface area contributed by atoms with Crippen molar-refractivity contribution in [2.75, 3.05) is 11.9 Å². The van der Waals surface area contributed by atoms with Crippen molar-refractivity contribution in [1.29, 1.82) is 0 Å². The first kappa shape index (κ1) is 19.3. The summed E-state index contributed by atoms with van der Waals surface area (Å²) in [6.45, 7) is -0.124. The number of nitrogens with zero attached hydrogens (tertiary/aromatic N) is 3. The zero-order valence-corrected chi connectivity index (χ0v) is 16.9. The molecule has 1 aromatic carbocycles. The van der Waals surface area contributed by atoms with E-state index in [1.54, 1.807) is 12.3 Å². The molecule has 0 saturated carbocycles. The molecule has 7 nitrogen and oxygen atoms in total. The molecule has 0 bridgehead atoms. The number of nitrogens with one attached hydrogen (secondary N) is 2. The smallest absolute Gasteiger partial charge is 0.251 e. The van der Waals surface area contributed by atoms with Gasteiger partial charge in [-0.3, -0.25) is 19.9 Å². The van der Waals surface area contributed by atoms with Gasteiger partial charge < -0.3 is 5.32 Å². The van der Waals surface area contributed by atoms with E-state index in [9.17, 15) is 9.59 Å². The summed E-state index contributed by atoms with van der Waals surface area (Å²) >= 11 is 2.75. The Bertz CT molecular complexity index is 1120. The SMILES string of the molecule is O=C(CNC(=O)C1=CCCC=C1)Nc1nnc(Sc2ccnc3ccccc23)s1. The Morgan fingerprint density at radius 1 is 1.14 bits per heavy atom. The van der Waals surface area contributed by atoms with Crippen LogP contribution < -0.4 is 10.6 Å². The molecule has 1 aliphatic rings. The van der Waals surface area contributed by atoms with Crippen LogP contribution in [0.1, 0.15) is 12.8 Å². The molecule has 146 valence electrons. The molecule has 1 aliphatic carbocycles. The van der Waals surface area contributed by atoms with Crippen molar-refractivity contribution in [3.8, 4) is 0 Å². The number of amides is 2.